The van der Waals surface area contributed by atoms with Gasteiger partial charge < -0.3 is 24.7 Å². The zero-order valence-corrected chi connectivity index (χ0v) is 18.3. The largest absolute Gasteiger partial charge is 0.573 e. The number of methoxy groups -OCH3 is 1. The number of hydrogen-bond donors (Lipinski definition) is 2. The number of imidazole rings is 1. The Morgan fingerprint density at radius 3 is 2.81 bits per heavy atom. The van der Waals surface area contributed by atoms with Crippen molar-refractivity contribution in [3.05, 3.63) is 47.5 Å². The summed E-state index contributed by atoms with van der Waals surface area (Å²) in [6, 6.07) is 3.19. The molecule has 2 N–H and O–H groups in total. The Morgan fingerprint density at radius 1 is 1.38 bits per heavy atom. The van der Waals surface area contributed by atoms with Crippen LogP contribution in [0.5, 0.6) is 5.75 Å². The normalized spacial score (nSPS) is 16.8. The van der Waals surface area contributed by atoms with Crippen LogP contribution in [0.4, 0.5) is 18.0 Å². The van der Waals surface area contributed by atoms with Gasteiger partial charge in [0.1, 0.15) is 17.8 Å². The standard InChI is InChI=1S/C20H23F3N4O4S/c1-30-18(28)14(8-10-32-2)26-19(29)27-9-7-13-16(25-11-24-13)17(27)12-5-3-4-6-15(12)31-20(21,22)23/h3-6,11,14,17H,7-10H2,1-2H3,(H,24,25)(H,26,29). The Labute approximate surface area is 186 Å². The molecule has 0 spiro atoms. The molecule has 1 aliphatic heterocycles. The van der Waals surface area contributed by atoms with Gasteiger partial charge in [0, 0.05) is 24.2 Å². The molecule has 0 saturated heterocycles. The highest BCUT2D eigenvalue weighted by Gasteiger charge is 2.39. The van der Waals surface area contributed by atoms with E-state index in [4.69, 9.17) is 4.74 Å². The minimum Gasteiger partial charge on any atom is -0.467 e. The number of alkyl halides is 3. The van der Waals surface area contributed by atoms with Crippen LogP contribution in [-0.2, 0) is 16.0 Å². The van der Waals surface area contributed by atoms with E-state index in [1.165, 1.54) is 48.3 Å². The third-order valence-electron chi connectivity index (χ3n) is 5.02. The predicted octanol–water partition coefficient (Wildman–Crippen LogP) is 3.26. The number of nitrogens with one attached hydrogen (secondary N) is 2. The first-order valence-corrected chi connectivity index (χ1v) is 11.1. The lowest BCUT2D eigenvalue weighted by atomic mass is 9.95. The van der Waals surface area contributed by atoms with Gasteiger partial charge in [0.2, 0.25) is 0 Å². The fraction of sp³-hybridized carbons (Fsp3) is 0.450. The molecule has 0 fully saturated rings. The molecule has 2 atom stereocenters. The van der Waals surface area contributed by atoms with Crippen LogP contribution < -0.4 is 10.1 Å². The number of fused-ring (bicyclic) bond motifs is 1. The first kappa shape index (κ1) is 23.8. The molecule has 0 bridgehead atoms. The fourth-order valence-electron chi connectivity index (χ4n) is 3.59. The number of carbonyl (C=O) groups excluding carboxylic acids is 2. The van der Waals surface area contributed by atoms with Gasteiger partial charge in [-0.1, -0.05) is 18.2 Å². The van der Waals surface area contributed by atoms with E-state index in [2.05, 4.69) is 20.0 Å². The van der Waals surface area contributed by atoms with Crippen molar-refractivity contribution in [3.8, 4) is 5.75 Å². The summed E-state index contributed by atoms with van der Waals surface area (Å²) in [5.74, 6) is -0.414. The first-order chi connectivity index (χ1) is 15.2. The van der Waals surface area contributed by atoms with E-state index >= 15 is 0 Å². The van der Waals surface area contributed by atoms with Gasteiger partial charge in [-0.25, -0.2) is 14.6 Å². The molecule has 0 aliphatic carbocycles. The average molecular weight is 472 g/mol. The Morgan fingerprint density at radius 2 is 2.12 bits per heavy atom. The number of nitrogens with zero attached hydrogens (tertiary/aromatic N) is 2. The van der Waals surface area contributed by atoms with Crippen LogP contribution in [0.25, 0.3) is 0 Å². The van der Waals surface area contributed by atoms with Crippen LogP contribution in [0.1, 0.15) is 29.4 Å². The molecule has 32 heavy (non-hydrogen) atoms. The molecule has 1 aromatic carbocycles. The van der Waals surface area contributed by atoms with E-state index in [0.29, 0.717) is 30.0 Å². The molecular formula is C20H23F3N4O4S. The Hall–Kier alpha value is -2.89. The van der Waals surface area contributed by atoms with Crippen LogP contribution >= 0.6 is 11.8 Å². The number of halogens is 3. The number of carbonyl (C=O) groups is 2. The summed E-state index contributed by atoms with van der Waals surface area (Å²) in [6.07, 6.45) is -0.829. The number of ether oxygens (including phenoxy) is 2. The lowest BCUT2D eigenvalue weighted by Gasteiger charge is -2.36. The lowest BCUT2D eigenvalue weighted by molar-refractivity contribution is -0.275. The van der Waals surface area contributed by atoms with E-state index in [9.17, 15) is 22.8 Å². The van der Waals surface area contributed by atoms with Crippen LogP contribution in [0.15, 0.2) is 30.6 Å². The third kappa shape index (κ3) is 5.47. The van der Waals surface area contributed by atoms with Crippen LogP contribution in [0.2, 0.25) is 0 Å². The number of para-hydroxylation sites is 1. The minimum atomic E-state index is -4.90. The number of aromatic nitrogens is 2. The molecule has 174 valence electrons. The minimum absolute atomic E-state index is 0.131. The molecule has 8 nitrogen and oxygen atoms in total. The molecule has 12 heteroatoms. The summed E-state index contributed by atoms with van der Waals surface area (Å²) in [5.41, 5.74) is 1.27. The Balaban J connectivity index is 1.96. The van der Waals surface area contributed by atoms with Crippen molar-refractivity contribution in [2.45, 2.75) is 31.3 Å². The predicted molar refractivity (Wildman–Crippen MR) is 111 cm³/mol. The molecule has 2 amide bonds. The Bertz CT molecular complexity index is 953. The molecule has 2 aromatic rings. The summed E-state index contributed by atoms with van der Waals surface area (Å²) in [6.45, 7) is 0.197. The van der Waals surface area contributed by atoms with Crippen LogP contribution in [0, 0.1) is 0 Å². The summed E-state index contributed by atoms with van der Waals surface area (Å²) in [5, 5.41) is 2.66. The quantitative estimate of drug-likeness (QED) is 0.601. The number of esters is 1. The third-order valence-corrected chi connectivity index (χ3v) is 5.66. The van der Waals surface area contributed by atoms with Gasteiger partial charge in [-0.2, -0.15) is 11.8 Å². The highest BCUT2D eigenvalue weighted by atomic mass is 32.2. The van der Waals surface area contributed by atoms with E-state index in [1.54, 1.807) is 6.07 Å². The van der Waals surface area contributed by atoms with Crippen molar-refractivity contribution >= 4 is 23.8 Å². The van der Waals surface area contributed by atoms with Gasteiger partial charge in [0.15, 0.2) is 0 Å². The monoisotopic (exact) mass is 472 g/mol. The average Bonchev–Trinajstić information content (AvgIpc) is 3.23. The topological polar surface area (TPSA) is 96.6 Å². The molecule has 2 unspecified atom stereocenters. The van der Waals surface area contributed by atoms with E-state index in [1.807, 2.05) is 6.26 Å². The number of thioether (sulfide) groups is 1. The van der Waals surface area contributed by atoms with Crippen molar-refractivity contribution < 1.29 is 32.2 Å². The maximum Gasteiger partial charge on any atom is 0.573 e. The number of benzene rings is 1. The lowest BCUT2D eigenvalue weighted by Crippen LogP contribution is -2.51. The van der Waals surface area contributed by atoms with Crippen molar-refractivity contribution in [1.82, 2.24) is 20.2 Å². The summed E-state index contributed by atoms with van der Waals surface area (Å²) >= 11 is 1.51. The number of H-pyrrole nitrogens is 1. The van der Waals surface area contributed by atoms with Gasteiger partial charge in [-0.15, -0.1) is 13.2 Å². The van der Waals surface area contributed by atoms with Crippen LogP contribution in [-0.4, -0.2) is 64.9 Å². The summed E-state index contributed by atoms with van der Waals surface area (Å²) in [7, 11) is 1.23. The summed E-state index contributed by atoms with van der Waals surface area (Å²) < 4.78 is 48.0. The number of amides is 2. The van der Waals surface area contributed by atoms with Crippen molar-refractivity contribution in [2.75, 3.05) is 25.7 Å². The van der Waals surface area contributed by atoms with Gasteiger partial charge in [0.05, 0.1) is 19.1 Å². The number of hydrogen-bond acceptors (Lipinski definition) is 6. The van der Waals surface area contributed by atoms with Gasteiger partial charge >= 0.3 is 18.4 Å². The van der Waals surface area contributed by atoms with Gasteiger partial charge in [-0.3, -0.25) is 0 Å². The molecule has 0 radical (unpaired) electrons. The zero-order chi connectivity index (χ0) is 23.3. The molecule has 2 heterocycles. The molecule has 3 rings (SSSR count). The maximum atomic E-state index is 13.2. The molecule has 1 aliphatic rings. The molecule has 0 saturated carbocycles. The van der Waals surface area contributed by atoms with Crippen LogP contribution in [0.3, 0.4) is 0 Å². The van der Waals surface area contributed by atoms with Gasteiger partial charge in [0.25, 0.3) is 0 Å². The Kier molecular flexibility index (Phi) is 7.54. The SMILES string of the molecule is COC(=O)C(CCSC)NC(=O)N1CCc2[nH]cnc2C1c1ccccc1OC(F)(F)F. The van der Waals surface area contributed by atoms with Crippen molar-refractivity contribution in [2.24, 2.45) is 0 Å². The maximum absolute atomic E-state index is 13.2. The van der Waals surface area contributed by atoms with Crippen molar-refractivity contribution in [3.63, 3.8) is 0 Å². The fourth-order valence-corrected chi connectivity index (χ4v) is 4.06. The van der Waals surface area contributed by atoms with Gasteiger partial charge in [-0.05, 0) is 24.5 Å². The second-order valence-corrected chi connectivity index (χ2v) is 7.99. The van der Waals surface area contributed by atoms with Crippen molar-refractivity contribution in [1.29, 1.82) is 0 Å². The highest BCUT2D eigenvalue weighted by molar-refractivity contribution is 7.98. The smallest absolute Gasteiger partial charge is 0.467 e. The first-order valence-electron chi connectivity index (χ1n) is 9.76. The number of rotatable bonds is 7. The highest BCUT2D eigenvalue weighted by Crippen LogP contribution is 2.39. The summed E-state index contributed by atoms with van der Waals surface area (Å²) in [4.78, 5) is 33.9. The zero-order valence-electron chi connectivity index (χ0n) is 17.4. The van der Waals surface area contributed by atoms with E-state index in [0.717, 1.165) is 0 Å². The van der Waals surface area contributed by atoms with E-state index in [-0.39, 0.29) is 12.1 Å². The van der Waals surface area contributed by atoms with E-state index < -0.39 is 36.2 Å². The second kappa shape index (κ2) is 10.2. The molecular weight excluding hydrogens is 449 g/mol. The second-order valence-electron chi connectivity index (χ2n) is 7.00. The number of aromatic amines is 1. The molecule has 1 aromatic heterocycles. The number of urea groups is 1.